The average molecular weight is 457 g/mol. The van der Waals surface area contributed by atoms with Gasteiger partial charge in [0.05, 0.1) is 11.7 Å². The maximum atomic E-state index is 13.8. The first-order valence-electron chi connectivity index (χ1n) is 10.0. The fraction of sp³-hybridized carbons (Fsp3) is 0.208. The van der Waals surface area contributed by atoms with Crippen LogP contribution in [0.3, 0.4) is 0 Å². The Balaban J connectivity index is 1.70. The molecule has 3 aromatic rings. The minimum atomic E-state index is -3.36. The van der Waals surface area contributed by atoms with Crippen LogP contribution in [0, 0.1) is 0 Å². The molecule has 1 heterocycles. The van der Waals surface area contributed by atoms with Gasteiger partial charge in [-0.2, -0.15) is 0 Å². The fourth-order valence-electron chi connectivity index (χ4n) is 3.68. The number of aromatic amines is 1. The van der Waals surface area contributed by atoms with E-state index in [1.54, 1.807) is 60.7 Å². The first-order chi connectivity index (χ1) is 15.2. The van der Waals surface area contributed by atoms with E-state index in [0.29, 0.717) is 40.8 Å². The number of sulfonamides is 1. The van der Waals surface area contributed by atoms with E-state index in [9.17, 15) is 22.0 Å². The second kappa shape index (κ2) is 8.35. The van der Waals surface area contributed by atoms with Gasteiger partial charge >= 0.3 is 0 Å². The third-order valence-electron chi connectivity index (χ3n) is 5.55. The second-order valence-corrected chi connectivity index (χ2v) is 9.79. The molecule has 1 aromatic heterocycles. The van der Waals surface area contributed by atoms with Gasteiger partial charge in [0.1, 0.15) is 0 Å². The molecule has 0 amide bonds. The Morgan fingerprint density at radius 1 is 1.03 bits per heavy atom. The molecule has 0 unspecified atom stereocenters. The number of halogens is 2. The number of benzene rings is 2. The van der Waals surface area contributed by atoms with Crippen LogP contribution in [-0.4, -0.2) is 26.1 Å². The lowest BCUT2D eigenvalue weighted by Crippen LogP contribution is -2.18. The fourth-order valence-corrected chi connectivity index (χ4v) is 4.24. The number of nitrogens with one attached hydrogen (secondary N) is 2. The van der Waals surface area contributed by atoms with Crippen LogP contribution in [0.5, 0.6) is 0 Å². The van der Waals surface area contributed by atoms with Crippen LogP contribution in [0.4, 0.5) is 14.5 Å². The van der Waals surface area contributed by atoms with Crippen molar-refractivity contribution in [2.24, 2.45) is 0 Å². The maximum absolute atomic E-state index is 13.8. The van der Waals surface area contributed by atoms with Gasteiger partial charge in [-0.3, -0.25) is 9.52 Å². The summed E-state index contributed by atoms with van der Waals surface area (Å²) in [6.07, 6.45) is 4.57. The zero-order chi connectivity index (χ0) is 22.9. The lowest BCUT2D eigenvalue weighted by Gasteiger charge is -2.17. The van der Waals surface area contributed by atoms with Crippen LogP contribution in [0.25, 0.3) is 23.3 Å². The van der Waals surface area contributed by atoms with E-state index in [0.717, 1.165) is 11.8 Å². The van der Waals surface area contributed by atoms with Crippen molar-refractivity contribution in [1.82, 2.24) is 4.98 Å². The van der Waals surface area contributed by atoms with Crippen LogP contribution in [0.15, 0.2) is 65.6 Å². The predicted octanol–water partition coefficient (Wildman–Crippen LogP) is 4.88. The summed E-state index contributed by atoms with van der Waals surface area (Å²) in [6, 6.07) is 15.4. The molecule has 1 fully saturated rings. The molecule has 1 aliphatic carbocycles. The summed E-state index contributed by atoms with van der Waals surface area (Å²) < 4.78 is 52.6. The van der Waals surface area contributed by atoms with Crippen molar-refractivity contribution in [3.05, 3.63) is 87.8 Å². The van der Waals surface area contributed by atoms with E-state index in [1.165, 1.54) is 6.20 Å². The Morgan fingerprint density at radius 2 is 1.72 bits per heavy atom. The van der Waals surface area contributed by atoms with Crippen LogP contribution < -0.4 is 10.3 Å². The number of alkyl halides is 2. The highest BCUT2D eigenvalue weighted by Gasteiger charge is 2.52. The Morgan fingerprint density at radius 3 is 2.31 bits per heavy atom. The van der Waals surface area contributed by atoms with Gasteiger partial charge in [0.25, 0.3) is 5.56 Å². The molecule has 0 aliphatic heterocycles. The summed E-state index contributed by atoms with van der Waals surface area (Å²) in [5.41, 5.74) is 2.06. The summed E-state index contributed by atoms with van der Waals surface area (Å²) in [7, 11) is -3.36. The van der Waals surface area contributed by atoms with Gasteiger partial charge in [0, 0.05) is 17.4 Å². The molecule has 0 spiro atoms. The molecular formula is C24H22F2N2O3S. The minimum Gasteiger partial charge on any atom is -0.329 e. The molecular weight excluding hydrogens is 434 g/mol. The number of rotatable bonds is 7. The summed E-state index contributed by atoms with van der Waals surface area (Å²) in [6.45, 7) is 0. The predicted molar refractivity (Wildman–Crippen MR) is 123 cm³/mol. The third-order valence-corrected chi connectivity index (χ3v) is 6.15. The number of anilines is 1. The molecule has 4 rings (SSSR count). The first kappa shape index (κ1) is 22.0. The molecule has 166 valence electrons. The Labute approximate surface area is 184 Å². The van der Waals surface area contributed by atoms with Crippen molar-refractivity contribution in [1.29, 1.82) is 0 Å². The van der Waals surface area contributed by atoms with Crippen LogP contribution >= 0.6 is 0 Å². The van der Waals surface area contributed by atoms with Crippen LogP contribution in [0.2, 0.25) is 0 Å². The van der Waals surface area contributed by atoms with Gasteiger partial charge in [-0.1, -0.05) is 36.4 Å². The highest BCUT2D eigenvalue weighted by molar-refractivity contribution is 7.92. The molecule has 0 atom stereocenters. The summed E-state index contributed by atoms with van der Waals surface area (Å²) >= 11 is 0. The second-order valence-electron chi connectivity index (χ2n) is 8.04. The van der Waals surface area contributed by atoms with Gasteiger partial charge in [-0.15, -0.1) is 0 Å². The monoisotopic (exact) mass is 456 g/mol. The quantitative estimate of drug-likeness (QED) is 0.498. The molecule has 2 N–H and O–H groups in total. The molecule has 0 radical (unpaired) electrons. The van der Waals surface area contributed by atoms with Crippen molar-refractivity contribution in [3.8, 4) is 11.1 Å². The molecule has 5 nitrogen and oxygen atoms in total. The van der Waals surface area contributed by atoms with Gasteiger partial charge in [0.15, 0.2) is 0 Å². The maximum Gasteiger partial charge on any atom is 0.255 e. The van der Waals surface area contributed by atoms with E-state index < -0.39 is 21.9 Å². The van der Waals surface area contributed by atoms with Crippen LogP contribution in [0.1, 0.15) is 29.5 Å². The lowest BCUT2D eigenvalue weighted by molar-refractivity contribution is 0.102. The van der Waals surface area contributed by atoms with Crippen molar-refractivity contribution < 1.29 is 17.2 Å². The molecule has 1 aliphatic rings. The number of pyridine rings is 1. The third kappa shape index (κ3) is 4.80. The molecule has 2 aromatic carbocycles. The average Bonchev–Trinajstić information content (AvgIpc) is 3.55. The van der Waals surface area contributed by atoms with Crippen molar-refractivity contribution >= 4 is 27.9 Å². The number of aromatic nitrogens is 1. The largest absolute Gasteiger partial charge is 0.329 e. The van der Waals surface area contributed by atoms with Gasteiger partial charge in [0.2, 0.25) is 16.4 Å². The Kier molecular flexibility index (Phi) is 5.73. The van der Waals surface area contributed by atoms with E-state index in [-0.39, 0.29) is 5.56 Å². The molecule has 1 saturated carbocycles. The number of hydrogen-bond acceptors (Lipinski definition) is 3. The minimum absolute atomic E-state index is 0.282. The zero-order valence-electron chi connectivity index (χ0n) is 17.3. The summed E-state index contributed by atoms with van der Waals surface area (Å²) in [5, 5.41) is 0. The highest BCUT2D eigenvalue weighted by atomic mass is 32.2. The van der Waals surface area contributed by atoms with Crippen LogP contribution in [-0.2, 0) is 15.4 Å². The van der Waals surface area contributed by atoms with E-state index in [4.69, 9.17) is 0 Å². The Bertz CT molecular complexity index is 1330. The number of hydrogen-bond donors (Lipinski definition) is 2. The van der Waals surface area contributed by atoms with E-state index in [1.807, 2.05) is 6.08 Å². The van der Waals surface area contributed by atoms with Gasteiger partial charge < -0.3 is 4.98 Å². The van der Waals surface area contributed by atoms with Gasteiger partial charge in [-0.05, 0) is 65.4 Å². The standard InChI is InChI=1S/C24H22F2N2O3S/c1-32(30,31)28-20-8-6-16(7-9-20)4-5-17-13-18(21-3-2-12-27-22(21)29)15-19(14-17)24(10-11-24)23(25)26/h2-9,12-15,23,28H,10-11H2,1H3,(H,27,29). The lowest BCUT2D eigenvalue weighted by atomic mass is 9.90. The molecule has 0 bridgehead atoms. The summed E-state index contributed by atoms with van der Waals surface area (Å²) in [4.78, 5) is 14.9. The molecule has 8 heteroatoms. The van der Waals surface area contributed by atoms with Crippen molar-refractivity contribution in [2.45, 2.75) is 24.7 Å². The smallest absolute Gasteiger partial charge is 0.255 e. The topological polar surface area (TPSA) is 79.0 Å². The number of H-pyrrole nitrogens is 1. The van der Waals surface area contributed by atoms with Crippen molar-refractivity contribution in [3.63, 3.8) is 0 Å². The van der Waals surface area contributed by atoms with Gasteiger partial charge in [-0.25, -0.2) is 17.2 Å². The highest BCUT2D eigenvalue weighted by Crippen LogP contribution is 2.53. The van der Waals surface area contributed by atoms with Crippen molar-refractivity contribution in [2.75, 3.05) is 11.0 Å². The zero-order valence-corrected chi connectivity index (χ0v) is 18.1. The van der Waals surface area contributed by atoms with E-state index >= 15 is 0 Å². The SMILES string of the molecule is CS(=O)(=O)Nc1ccc(C=Cc2cc(-c3ccc[nH]c3=O)cc(C3(C(F)F)CC3)c2)cc1. The molecule has 32 heavy (non-hydrogen) atoms. The molecule has 0 saturated heterocycles. The summed E-state index contributed by atoms with van der Waals surface area (Å²) in [5.74, 6) is 0. The normalized spacial score (nSPS) is 15.2. The Hall–Kier alpha value is -3.26. The first-order valence-corrected chi connectivity index (χ1v) is 11.9. The van der Waals surface area contributed by atoms with E-state index in [2.05, 4.69) is 9.71 Å².